The van der Waals surface area contributed by atoms with Crippen LogP contribution in [0, 0.1) is 0 Å². The molecule has 2 aromatic rings. The molecule has 0 radical (unpaired) electrons. The van der Waals surface area contributed by atoms with Gasteiger partial charge in [-0.1, -0.05) is 37.1 Å². The molecule has 6 nitrogen and oxygen atoms in total. The number of anilines is 3. The Balaban J connectivity index is 1.61. The lowest BCUT2D eigenvalue weighted by Crippen LogP contribution is -2.48. The molecule has 0 heterocycles. The van der Waals surface area contributed by atoms with E-state index in [1.807, 2.05) is 18.2 Å². The van der Waals surface area contributed by atoms with E-state index >= 15 is 0 Å². The molecule has 0 bridgehead atoms. The largest absolute Gasteiger partial charge is 0.324 e. The second-order valence-corrected chi connectivity index (χ2v) is 6.34. The fourth-order valence-corrected chi connectivity index (χ4v) is 2.98. The lowest BCUT2D eigenvalue weighted by Gasteiger charge is -2.22. The minimum atomic E-state index is -0.784. The molecule has 0 aromatic heterocycles. The van der Waals surface area contributed by atoms with Crippen LogP contribution in [0.2, 0.25) is 0 Å². The van der Waals surface area contributed by atoms with Gasteiger partial charge in [-0.05, 0) is 43.2 Å². The Kier molecular flexibility index (Phi) is 5.00. The number of nitrogens with two attached hydrogens (primary N) is 1. The highest BCUT2D eigenvalue weighted by molar-refractivity contribution is 6.01. The molecule has 130 valence electrons. The highest BCUT2D eigenvalue weighted by Gasteiger charge is 2.36. The predicted molar refractivity (Wildman–Crippen MR) is 99.5 cm³/mol. The van der Waals surface area contributed by atoms with Crippen LogP contribution >= 0.6 is 0 Å². The van der Waals surface area contributed by atoms with Crippen LogP contribution in [0.25, 0.3) is 0 Å². The van der Waals surface area contributed by atoms with Crippen LogP contribution in [0.1, 0.15) is 25.7 Å². The standard InChI is InChI=1S/C19H22N4O2/c20-19(11-4-5-12-19)17(24)21-15-9-6-10-16(13-15)23-18(25)22-14-7-2-1-3-8-14/h1-3,6-10,13H,4-5,11-12,20H2,(H,21,24)(H2,22,23,25). The van der Waals surface area contributed by atoms with E-state index < -0.39 is 5.54 Å². The third-order valence-corrected chi connectivity index (χ3v) is 4.36. The molecule has 0 aliphatic heterocycles. The Morgan fingerprint density at radius 2 is 1.36 bits per heavy atom. The molecule has 1 fully saturated rings. The van der Waals surface area contributed by atoms with E-state index in [1.54, 1.807) is 36.4 Å². The van der Waals surface area contributed by atoms with E-state index in [9.17, 15) is 9.59 Å². The SMILES string of the molecule is NC1(C(=O)Nc2cccc(NC(=O)Nc3ccccc3)c2)CCCC1. The normalized spacial score (nSPS) is 15.4. The topological polar surface area (TPSA) is 96.2 Å². The summed E-state index contributed by atoms with van der Waals surface area (Å²) in [5, 5.41) is 8.35. The van der Waals surface area contributed by atoms with Crippen molar-refractivity contribution in [1.29, 1.82) is 0 Å². The molecule has 2 aromatic carbocycles. The predicted octanol–water partition coefficient (Wildman–Crippen LogP) is 3.54. The van der Waals surface area contributed by atoms with Crippen LogP contribution in [0.4, 0.5) is 21.9 Å². The summed E-state index contributed by atoms with van der Waals surface area (Å²) in [4.78, 5) is 24.4. The Bertz CT molecular complexity index is 755. The van der Waals surface area contributed by atoms with Crippen LogP contribution in [0.5, 0.6) is 0 Å². The molecule has 0 spiro atoms. The van der Waals surface area contributed by atoms with Gasteiger partial charge in [0.2, 0.25) is 5.91 Å². The van der Waals surface area contributed by atoms with Gasteiger partial charge in [0.15, 0.2) is 0 Å². The minimum Gasteiger partial charge on any atom is -0.324 e. The monoisotopic (exact) mass is 338 g/mol. The van der Waals surface area contributed by atoms with Crippen molar-refractivity contribution in [2.45, 2.75) is 31.2 Å². The molecule has 5 N–H and O–H groups in total. The van der Waals surface area contributed by atoms with Gasteiger partial charge in [-0.25, -0.2) is 4.79 Å². The number of hydrogen-bond acceptors (Lipinski definition) is 3. The van der Waals surface area contributed by atoms with Crippen LogP contribution in [-0.2, 0) is 4.79 Å². The first kappa shape index (κ1) is 17.0. The molecule has 0 unspecified atom stereocenters. The molecular formula is C19H22N4O2. The highest BCUT2D eigenvalue weighted by Crippen LogP contribution is 2.28. The number of nitrogens with one attached hydrogen (secondary N) is 3. The van der Waals surface area contributed by atoms with Gasteiger partial charge in [-0.3, -0.25) is 4.79 Å². The van der Waals surface area contributed by atoms with E-state index in [0.29, 0.717) is 29.9 Å². The van der Waals surface area contributed by atoms with E-state index in [1.165, 1.54) is 0 Å². The smallest absolute Gasteiger partial charge is 0.323 e. The number of amides is 3. The second kappa shape index (κ2) is 7.36. The third kappa shape index (κ3) is 4.36. The molecule has 1 aliphatic rings. The van der Waals surface area contributed by atoms with Gasteiger partial charge in [0.05, 0.1) is 5.54 Å². The fourth-order valence-electron chi connectivity index (χ4n) is 2.98. The number of urea groups is 1. The average molecular weight is 338 g/mol. The van der Waals surface area contributed by atoms with Crippen molar-refractivity contribution in [2.75, 3.05) is 16.0 Å². The number of hydrogen-bond donors (Lipinski definition) is 4. The van der Waals surface area contributed by atoms with Crippen LogP contribution in [0.15, 0.2) is 54.6 Å². The maximum absolute atomic E-state index is 12.4. The second-order valence-electron chi connectivity index (χ2n) is 6.34. The Morgan fingerprint density at radius 1 is 0.800 bits per heavy atom. The fraction of sp³-hybridized carbons (Fsp3) is 0.263. The van der Waals surface area contributed by atoms with E-state index in [4.69, 9.17) is 5.73 Å². The van der Waals surface area contributed by atoms with Crippen LogP contribution in [-0.4, -0.2) is 17.5 Å². The molecule has 3 amide bonds. The van der Waals surface area contributed by atoms with Crippen molar-refractivity contribution in [1.82, 2.24) is 0 Å². The van der Waals surface area contributed by atoms with Gasteiger partial charge in [0.25, 0.3) is 0 Å². The van der Waals surface area contributed by atoms with Crippen LogP contribution in [0.3, 0.4) is 0 Å². The Morgan fingerprint density at radius 3 is 2.04 bits per heavy atom. The third-order valence-electron chi connectivity index (χ3n) is 4.36. The summed E-state index contributed by atoms with van der Waals surface area (Å²) in [6, 6.07) is 15.8. The molecule has 1 saturated carbocycles. The maximum Gasteiger partial charge on any atom is 0.323 e. The van der Waals surface area contributed by atoms with Crippen molar-refractivity contribution in [3.63, 3.8) is 0 Å². The first-order chi connectivity index (χ1) is 12.0. The molecule has 0 atom stereocenters. The molecule has 25 heavy (non-hydrogen) atoms. The lowest BCUT2D eigenvalue weighted by atomic mass is 9.98. The van der Waals surface area contributed by atoms with Crippen LogP contribution < -0.4 is 21.7 Å². The van der Waals surface area contributed by atoms with E-state index in [0.717, 1.165) is 12.8 Å². The quantitative estimate of drug-likeness (QED) is 0.686. The van der Waals surface area contributed by atoms with Crippen molar-refractivity contribution in [3.05, 3.63) is 54.6 Å². The van der Waals surface area contributed by atoms with Gasteiger partial charge in [-0.2, -0.15) is 0 Å². The zero-order valence-electron chi connectivity index (χ0n) is 13.9. The van der Waals surface area contributed by atoms with Crippen molar-refractivity contribution >= 4 is 29.0 Å². The maximum atomic E-state index is 12.4. The highest BCUT2D eigenvalue weighted by atomic mass is 16.2. The number of carbonyl (C=O) groups excluding carboxylic acids is 2. The van der Waals surface area contributed by atoms with Crippen molar-refractivity contribution in [3.8, 4) is 0 Å². The molecule has 3 rings (SSSR count). The van der Waals surface area contributed by atoms with Gasteiger partial charge >= 0.3 is 6.03 Å². The first-order valence-corrected chi connectivity index (χ1v) is 8.39. The van der Waals surface area contributed by atoms with Gasteiger partial charge in [-0.15, -0.1) is 0 Å². The summed E-state index contributed by atoms with van der Waals surface area (Å²) in [6.07, 6.45) is 3.36. The minimum absolute atomic E-state index is 0.170. The van der Waals surface area contributed by atoms with Gasteiger partial charge in [0.1, 0.15) is 0 Å². The molecule has 6 heteroatoms. The summed E-state index contributed by atoms with van der Waals surface area (Å²) in [5.74, 6) is -0.170. The lowest BCUT2D eigenvalue weighted by molar-refractivity contribution is -0.121. The summed E-state index contributed by atoms with van der Waals surface area (Å²) in [7, 11) is 0. The summed E-state index contributed by atoms with van der Waals surface area (Å²) in [5.41, 5.74) is 7.28. The molecule has 1 aliphatic carbocycles. The number of rotatable bonds is 4. The van der Waals surface area contributed by atoms with Crippen molar-refractivity contribution in [2.24, 2.45) is 5.73 Å². The average Bonchev–Trinajstić information content (AvgIpc) is 3.04. The van der Waals surface area contributed by atoms with Crippen molar-refractivity contribution < 1.29 is 9.59 Å². The van der Waals surface area contributed by atoms with Gasteiger partial charge < -0.3 is 21.7 Å². The first-order valence-electron chi connectivity index (χ1n) is 8.39. The van der Waals surface area contributed by atoms with E-state index in [-0.39, 0.29) is 11.9 Å². The number of benzene rings is 2. The number of carbonyl (C=O) groups is 2. The Hall–Kier alpha value is -2.86. The summed E-state index contributed by atoms with van der Waals surface area (Å²) in [6.45, 7) is 0. The molecule has 0 saturated heterocycles. The Labute approximate surface area is 146 Å². The zero-order chi connectivity index (χ0) is 17.7. The zero-order valence-corrected chi connectivity index (χ0v) is 13.9. The molecular weight excluding hydrogens is 316 g/mol. The number of para-hydroxylation sites is 1. The van der Waals surface area contributed by atoms with E-state index in [2.05, 4.69) is 16.0 Å². The van der Waals surface area contributed by atoms with Gasteiger partial charge in [0, 0.05) is 17.1 Å². The summed E-state index contributed by atoms with van der Waals surface area (Å²) >= 11 is 0. The summed E-state index contributed by atoms with van der Waals surface area (Å²) < 4.78 is 0.